The number of carbonyl (C=O) groups excluding carboxylic acids is 1. The Balaban J connectivity index is 2.31. The molecule has 1 aromatic carbocycles. The Bertz CT molecular complexity index is 480. The fraction of sp³-hybridized carbons (Fsp3) is 0.462. The molecule has 0 saturated carbocycles. The predicted octanol–water partition coefficient (Wildman–Crippen LogP) is 1.65. The molecule has 1 aromatic rings. The Labute approximate surface area is 104 Å². The topological polar surface area (TPSA) is 49.3 Å². The highest BCUT2D eigenvalue weighted by molar-refractivity contribution is 5.87. The fourth-order valence-corrected chi connectivity index (χ4v) is 2.25. The third-order valence-electron chi connectivity index (χ3n) is 3.54. The standard InChI is InChI=1S/C13H15F2NO2/c1-12(9-4-2-3-5-10(9)14)6-7-13(15,8-17)11(18)16-12/h2-5,17H,6-8H2,1H3,(H,16,18)/t12-,13?/m0/s1. The molecule has 2 N–H and O–H groups in total. The van der Waals surface area contributed by atoms with Crippen LogP contribution in [0.2, 0.25) is 0 Å². The van der Waals surface area contributed by atoms with E-state index in [1.807, 2.05) is 0 Å². The van der Waals surface area contributed by atoms with Crippen LogP contribution in [0.15, 0.2) is 24.3 Å². The van der Waals surface area contributed by atoms with Gasteiger partial charge in [-0.2, -0.15) is 0 Å². The van der Waals surface area contributed by atoms with Crippen molar-refractivity contribution in [2.24, 2.45) is 0 Å². The molecule has 0 aromatic heterocycles. The van der Waals surface area contributed by atoms with Crippen LogP contribution < -0.4 is 5.32 Å². The molecule has 1 aliphatic rings. The average Bonchev–Trinajstić information content (AvgIpc) is 2.35. The Kier molecular flexibility index (Phi) is 3.11. The molecule has 5 heteroatoms. The van der Waals surface area contributed by atoms with E-state index in [0.29, 0.717) is 5.56 Å². The lowest BCUT2D eigenvalue weighted by Gasteiger charge is -2.40. The van der Waals surface area contributed by atoms with Crippen molar-refractivity contribution in [1.29, 1.82) is 0 Å². The summed E-state index contributed by atoms with van der Waals surface area (Å²) in [5.74, 6) is -1.32. The van der Waals surface area contributed by atoms with Gasteiger partial charge >= 0.3 is 0 Å². The van der Waals surface area contributed by atoms with Crippen molar-refractivity contribution in [3.8, 4) is 0 Å². The van der Waals surface area contributed by atoms with Gasteiger partial charge in [0.2, 0.25) is 5.67 Å². The quantitative estimate of drug-likeness (QED) is 0.844. The summed E-state index contributed by atoms with van der Waals surface area (Å²) in [5.41, 5.74) is -2.86. The summed E-state index contributed by atoms with van der Waals surface area (Å²) in [4.78, 5) is 11.7. The normalized spacial score (nSPS) is 32.1. The summed E-state index contributed by atoms with van der Waals surface area (Å²) < 4.78 is 27.6. The van der Waals surface area contributed by atoms with Crippen LogP contribution in [0.1, 0.15) is 25.3 Å². The number of rotatable bonds is 2. The zero-order valence-electron chi connectivity index (χ0n) is 10.0. The third-order valence-corrected chi connectivity index (χ3v) is 3.54. The number of nitrogens with one attached hydrogen (secondary N) is 1. The number of piperidine rings is 1. The number of hydrogen-bond acceptors (Lipinski definition) is 2. The SMILES string of the molecule is C[C@@]1(c2ccccc2F)CCC(F)(CO)C(=O)N1. The number of carbonyl (C=O) groups is 1. The minimum Gasteiger partial charge on any atom is -0.392 e. The molecule has 0 spiro atoms. The molecule has 18 heavy (non-hydrogen) atoms. The Morgan fingerprint density at radius 2 is 2.06 bits per heavy atom. The highest BCUT2D eigenvalue weighted by atomic mass is 19.1. The summed E-state index contributed by atoms with van der Waals surface area (Å²) in [7, 11) is 0. The van der Waals surface area contributed by atoms with Gasteiger partial charge in [0, 0.05) is 5.56 Å². The van der Waals surface area contributed by atoms with E-state index in [4.69, 9.17) is 5.11 Å². The van der Waals surface area contributed by atoms with Crippen LogP contribution in [0, 0.1) is 5.82 Å². The first-order valence-corrected chi connectivity index (χ1v) is 5.79. The molecule has 1 saturated heterocycles. The molecule has 0 aliphatic carbocycles. The maximum absolute atomic E-state index is 13.9. The van der Waals surface area contributed by atoms with Crippen molar-refractivity contribution in [3.63, 3.8) is 0 Å². The van der Waals surface area contributed by atoms with Crippen LogP contribution in [0.5, 0.6) is 0 Å². The van der Waals surface area contributed by atoms with E-state index in [1.165, 1.54) is 6.07 Å². The lowest BCUT2D eigenvalue weighted by atomic mass is 9.79. The van der Waals surface area contributed by atoms with Gasteiger partial charge in [-0.05, 0) is 25.8 Å². The van der Waals surface area contributed by atoms with Gasteiger partial charge in [-0.1, -0.05) is 18.2 Å². The van der Waals surface area contributed by atoms with Crippen LogP contribution in [-0.2, 0) is 10.3 Å². The monoisotopic (exact) mass is 255 g/mol. The number of amides is 1. The Hall–Kier alpha value is -1.49. The van der Waals surface area contributed by atoms with E-state index < -0.39 is 29.5 Å². The number of aliphatic hydroxyl groups excluding tert-OH is 1. The van der Waals surface area contributed by atoms with Gasteiger partial charge in [-0.15, -0.1) is 0 Å². The van der Waals surface area contributed by atoms with Crippen molar-refractivity contribution in [1.82, 2.24) is 5.32 Å². The maximum atomic E-state index is 13.9. The molecule has 0 radical (unpaired) electrons. The zero-order chi connectivity index (χ0) is 13.4. The molecule has 1 unspecified atom stereocenters. The second-order valence-electron chi connectivity index (χ2n) is 4.89. The van der Waals surface area contributed by atoms with Crippen molar-refractivity contribution < 1.29 is 18.7 Å². The molecule has 3 nitrogen and oxygen atoms in total. The van der Waals surface area contributed by atoms with Crippen molar-refractivity contribution >= 4 is 5.91 Å². The lowest BCUT2D eigenvalue weighted by molar-refractivity contribution is -0.142. The second-order valence-corrected chi connectivity index (χ2v) is 4.89. The van der Waals surface area contributed by atoms with E-state index in [0.717, 1.165) is 0 Å². The fourth-order valence-electron chi connectivity index (χ4n) is 2.25. The Morgan fingerprint density at radius 1 is 1.39 bits per heavy atom. The van der Waals surface area contributed by atoms with Gasteiger partial charge in [0.05, 0.1) is 12.1 Å². The molecular formula is C13H15F2NO2. The molecule has 0 bridgehead atoms. The molecular weight excluding hydrogens is 240 g/mol. The van der Waals surface area contributed by atoms with Gasteiger partial charge in [0.25, 0.3) is 5.91 Å². The van der Waals surface area contributed by atoms with Crippen LogP contribution in [0.3, 0.4) is 0 Å². The summed E-state index contributed by atoms with van der Waals surface area (Å²) in [5, 5.41) is 11.4. The summed E-state index contributed by atoms with van der Waals surface area (Å²) in [6, 6.07) is 6.09. The van der Waals surface area contributed by atoms with Crippen LogP contribution in [0.25, 0.3) is 0 Å². The average molecular weight is 255 g/mol. The van der Waals surface area contributed by atoms with E-state index >= 15 is 0 Å². The molecule has 2 atom stereocenters. The number of aliphatic hydroxyl groups is 1. The largest absolute Gasteiger partial charge is 0.392 e. The minimum absolute atomic E-state index is 0.125. The van der Waals surface area contributed by atoms with Gasteiger partial charge in [-0.25, -0.2) is 8.78 Å². The van der Waals surface area contributed by atoms with Crippen LogP contribution in [0.4, 0.5) is 8.78 Å². The molecule has 1 fully saturated rings. The first-order chi connectivity index (χ1) is 8.41. The van der Waals surface area contributed by atoms with Gasteiger partial charge < -0.3 is 10.4 Å². The smallest absolute Gasteiger partial charge is 0.260 e. The summed E-state index contributed by atoms with van der Waals surface area (Å²) >= 11 is 0. The first kappa shape index (κ1) is 13.0. The maximum Gasteiger partial charge on any atom is 0.260 e. The lowest BCUT2D eigenvalue weighted by Crippen LogP contribution is -2.59. The van der Waals surface area contributed by atoms with E-state index in [2.05, 4.69) is 5.32 Å². The van der Waals surface area contributed by atoms with Gasteiger partial charge in [-0.3, -0.25) is 4.79 Å². The highest BCUT2D eigenvalue weighted by Crippen LogP contribution is 2.36. The summed E-state index contributed by atoms with van der Waals surface area (Å²) in [6.07, 6.45) is 0.108. The second kappa shape index (κ2) is 4.31. The predicted molar refractivity (Wildman–Crippen MR) is 62.1 cm³/mol. The van der Waals surface area contributed by atoms with Crippen molar-refractivity contribution in [3.05, 3.63) is 35.6 Å². The van der Waals surface area contributed by atoms with Crippen molar-refractivity contribution in [2.75, 3.05) is 6.61 Å². The van der Waals surface area contributed by atoms with Gasteiger partial charge in [0.15, 0.2) is 0 Å². The molecule has 98 valence electrons. The number of alkyl halides is 1. The van der Waals surface area contributed by atoms with Crippen molar-refractivity contribution in [2.45, 2.75) is 31.0 Å². The Morgan fingerprint density at radius 3 is 2.61 bits per heavy atom. The number of benzene rings is 1. The van der Waals surface area contributed by atoms with Crippen LogP contribution >= 0.6 is 0 Å². The van der Waals surface area contributed by atoms with E-state index in [9.17, 15) is 13.6 Å². The first-order valence-electron chi connectivity index (χ1n) is 5.79. The molecule has 1 heterocycles. The van der Waals surface area contributed by atoms with Crippen LogP contribution in [-0.4, -0.2) is 23.3 Å². The van der Waals surface area contributed by atoms with E-state index in [1.54, 1.807) is 25.1 Å². The summed E-state index contributed by atoms with van der Waals surface area (Å²) in [6.45, 7) is 0.798. The highest BCUT2D eigenvalue weighted by Gasteiger charge is 2.48. The van der Waals surface area contributed by atoms with E-state index in [-0.39, 0.29) is 12.8 Å². The molecule has 2 rings (SSSR count). The zero-order valence-corrected chi connectivity index (χ0v) is 10.0. The number of halogens is 2. The third kappa shape index (κ3) is 1.99. The molecule has 1 amide bonds. The minimum atomic E-state index is -2.26. The molecule has 1 aliphatic heterocycles. The van der Waals surface area contributed by atoms with Gasteiger partial charge in [0.1, 0.15) is 5.82 Å². The number of hydrogen-bond donors (Lipinski definition) is 2.